The number of rotatable bonds is 5. The maximum absolute atomic E-state index is 14.0. The van der Waals surface area contributed by atoms with Gasteiger partial charge in [-0.15, -0.1) is 0 Å². The van der Waals surface area contributed by atoms with Crippen LogP contribution >= 0.6 is 0 Å². The fourth-order valence-electron chi connectivity index (χ4n) is 5.98. The average Bonchev–Trinajstić information content (AvgIpc) is 3.53. The van der Waals surface area contributed by atoms with Gasteiger partial charge in [-0.2, -0.15) is 0 Å². The third-order valence-corrected chi connectivity index (χ3v) is 7.74. The van der Waals surface area contributed by atoms with Gasteiger partial charge in [-0.25, -0.2) is 4.90 Å². The van der Waals surface area contributed by atoms with E-state index in [1.165, 1.54) is 6.07 Å². The Bertz CT molecular complexity index is 1560. The van der Waals surface area contributed by atoms with Crippen LogP contribution in [0.4, 0.5) is 5.69 Å². The van der Waals surface area contributed by atoms with Crippen LogP contribution < -0.4 is 10.2 Å². The number of carboxylic acid groups (broad SMARTS) is 1. The van der Waals surface area contributed by atoms with Gasteiger partial charge in [0.2, 0.25) is 11.8 Å². The lowest BCUT2D eigenvalue weighted by Crippen LogP contribution is -2.57. The number of aromatic hydroxyl groups is 1. The topological polar surface area (TPSA) is 123 Å². The second-order valence-electron chi connectivity index (χ2n) is 9.84. The number of anilines is 1. The lowest BCUT2D eigenvalue weighted by Gasteiger charge is -2.31. The van der Waals surface area contributed by atoms with E-state index in [2.05, 4.69) is 10.3 Å². The Labute approximate surface area is 212 Å². The monoisotopic (exact) mass is 495 g/mol. The average molecular weight is 496 g/mol. The van der Waals surface area contributed by atoms with Crippen molar-refractivity contribution in [2.45, 2.75) is 24.9 Å². The van der Waals surface area contributed by atoms with E-state index in [1.807, 2.05) is 31.2 Å². The van der Waals surface area contributed by atoms with Crippen molar-refractivity contribution in [1.82, 2.24) is 10.3 Å². The maximum Gasteiger partial charge on any atom is 0.325 e. The lowest BCUT2D eigenvalue weighted by atomic mass is 9.76. The molecule has 3 heterocycles. The second-order valence-corrected chi connectivity index (χ2v) is 9.84. The fraction of sp³-hybridized carbons (Fsp3) is 0.207. The van der Waals surface area contributed by atoms with E-state index in [1.54, 1.807) is 48.7 Å². The number of imide groups is 1. The number of hydrogen-bond donors (Lipinski definition) is 4. The van der Waals surface area contributed by atoms with E-state index >= 15 is 0 Å². The zero-order valence-electron chi connectivity index (χ0n) is 20.0. The minimum Gasteiger partial charge on any atom is -0.508 e. The normalized spacial score (nSPS) is 25.1. The van der Waals surface area contributed by atoms with Crippen molar-refractivity contribution in [3.8, 4) is 5.75 Å². The van der Waals surface area contributed by atoms with E-state index in [0.29, 0.717) is 11.3 Å². The highest BCUT2D eigenvalue weighted by molar-refractivity contribution is 6.24. The van der Waals surface area contributed by atoms with Crippen molar-refractivity contribution in [3.63, 3.8) is 0 Å². The minimum atomic E-state index is -1.78. The second kappa shape index (κ2) is 8.31. The first-order valence-electron chi connectivity index (χ1n) is 12.1. The van der Waals surface area contributed by atoms with E-state index in [0.717, 1.165) is 26.9 Å². The number of hydrogen-bond acceptors (Lipinski definition) is 5. The summed E-state index contributed by atoms with van der Waals surface area (Å²) in [7, 11) is 0. The molecule has 2 aliphatic heterocycles. The van der Waals surface area contributed by atoms with Gasteiger partial charge in [0.25, 0.3) is 0 Å². The standard InChI is InChI=1S/C29H25N3O5/c1-16-10-12-18(13-11-16)32-26(34)23-24(27(32)35)29(28(36)37,31-25(23)20-7-3-5-9-22(20)33)14-17-15-30-21-8-4-2-6-19(17)21/h2-13,15,23-25,30-31,33H,14H2,1H3,(H,36,37)/t23-,24+,25-,29+/m0/s1. The Morgan fingerprint density at radius 3 is 2.41 bits per heavy atom. The van der Waals surface area contributed by atoms with E-state index in [9.17, 15) is 24.6 Å². The van der Waals surface area contributed by atoms with Crippen LogP contribution in [-0.4, -0.2) is 38.5 Å². The zero-order chi connectivity index (χ0) is 25.9. The van der Waals surface area contributed by atoms with Crippen LogP contribution in [0.1, 0.15) is 22.7 Å². The number of aryl methyl sites for hydroxylation is 1. The molecular formula is C29H25N3O5. The molecule has 2 saturated heterocycles. The smallest absolute Gasteiger partial charge is 0.325 e. The zero-order valence-corrected chi connectivity index (χ0v) is 20.0. The molecule has 3 aromatic carbocycles. The molecule has 4 aromatic rings. The minimum absolute atomic E-state index is 0.0294. The molecule has 0 bridgehead atoms. The van der Waals surface area contributed by atoms with Crippen LogP contribution in [0.15, 0.2) is 79.0 Å². The van der Waals surface area contributed by atoms with Crippen molar-refractivity contribution in [2.24, 2.45) is 11.8 Å². The van der Waals surface area contributed by atoms with Gasteiger partial charge >= 0.3 is 5.97 Å². The number of amides is 2. The van der Waals surface area contributed by atoms with Gasteiger partial charge in [0.1, 0.15) is 11.3 Å². The van der Waals surface area contributed by atoms with Crippen molar-refractivity contribution < 1.29 is 24.6 Å². The summed E-state index contributed by atoms with van der Waals surface area (Å²) in [5.74, 6) is -4.53. The molecule has 0 radical (unpaired) electrons. The third kappa shape index (κ3) is 3.37. The molecule has 37 heavy (non-hydrogen) atoms. The molecule has 4 atom stereocenters. The molecule has 0 spiro atoms. The number of aliphatic carboxylic acids is 1. The van der Waals surface area contributed by atoms with Crippen molar-refractivity contribution in [3.05, 3.63) is 95.7 Å². The summed E-state index contributed by atoms with van der Waals surface area (Å²) in [6.07, 6.45) is 1.72. The number of fused-ring (bicyclic) bond motifs is 2. The van der Waals surface area contributed by atoms with Crippen LogP contribution in [0.3, 0.4) is 0 Å². The Morgan fingerprint density at radius 2 is 1.68 bits per heavy atom. The Morgan fingerprint density at radius 1 is 0.973 bits per heavy atom. The highest BCUT2D eigenvalue weighted by atomic mass is 16.4. The number of nitrogens with zero attached hydrogens (tertiary/aromatic N) is 1. The summed E-state index contributed by atoms with van der Waals surface area (Å²) in [6.45, 7) is 1.90. The van der Waals surface area contributed by atoms with Gasteiger partial charge in [-0.1, -0.05) is 54.1 Å². The van der Waals surface area contributed by atoms with Gasteiger partial charge in [0, 0.05) is 35.1 Å². The molecule has 0 saturated carbocycles. The predicted molar refractivity (Wildman–Crippen MR) is 137 cm³/mol. The number of carbonyl (C=O) groups excluding carboxylic acids is 2. The van der Waals surface area contributed by atoms with Crippen LogP contribution in [0, 0.1) is 18.8 Å². The first kappa shape index (κ1) is 23.0. The fourth-order valence-corrected chi connectivity index (χ4v) is 5.98. The SMILES string of the molecule is Cc1ccc(N2C(=O)[C@@H]3[C@H](c4ccccc4O)N[C@@](Cc4c[nH]c5ccccc45)(C(=O)O)[C@H]3C2=O)cc1. The molecule has 0 unspecified atom stereocenters. The molecular weight excluding hydrogens is 470 g/mol. The number of benzene rings is 3. The van der Waals surface area contributed by atoms with Gasteiger partial charge in [-0.05, 0) is 36.8 Å². The Kier molecular flexibility index (Phi) is 5.17. The van der Waals surface area contributed by atoms with Crippen LogP contribution in [0.25, 0.3) is 10.9 Å². The number of phenolic OH excluding ortho intramolecular Hbond substituents is 1. The summed E-state index contributed by atoms with van der Waals surface area (Å²) < 4.78 is 0. The number of para-hydroxylation sites is 2. The summed E-state index contributed by atoms with van der Waals surface area (Å²) in [4.78, 5) is 45.3. The summed E-state index contributed by atoms with van der Waals surface area (Å²) in [5.41, 5.74) is 1.53. The summed E-state index contributed by atoms with van der Waals surface area (Å²) in [5, 5.41) is 25.4. The number of H-pyrrole nitrogens is 1. The number of phenols is 1. The highest BCUT2D eigenvalue weighted by Crippen LogP contribution is 2.52. The number of aromatic amines is 1. The van der Waals surface area contributed by atoms with Crippen molar-refractivity contribution >= 4 is 34.4 Å². The number of carboxylic acids is 1. The van der Waals surface area contributed by atoms with Crippen LogP contribution in [-0.2, 0) is 20.8 Å². The molecule has 8 nitrogen and oxygen atoms in total. The van der Waals surface area contributed by atoms with E-state index < -0.39 is 41.2 Å². The molecule has 4 N–H and O–H groups in total. The predicted octanol–water partition coefficient (Wildman–Crippen LogP) is 3.70. The van der Waals surface area contributed by atoms with Crippen LogP contribution in [0.5, 0.6) is 5.75 Å². The molecule has 6 rings (SSSR count). The Hall–Kier alpha value is -4.43. The van der Waals surface area contributed by atoms with Crippen molar-refractivity contribution in [1.29, 1.82) is 0 Å². The van der Waals surface area contributed by atoms with Gasteiger partial charge in [0.15, 0.2) is 0 Å². The quantitative estimate of drug-likeness (QED) is 0.313. The van der Waals surface area contributed by atoms with Gasteiger partial charge < -0.3 is 15.2 Å². The molecule has 2 aliphatic rings. The molecule has 1 aromatic heterocycles. The van der Waals surface area contributed by atoms with E-state index in [4.69, 9.17) is 0 Å². The van der Waals surface area contributed by atoms with Gasteiger partial charge in [0.05, 0.1) is 17.5 Å². The lowest BCUT2D eigenvalue weighted by molar-refractivity contribution is -0.148. The molecule has 2 amide bonds. The largest absolute Gasteiger partial charge is 0.508 e. The van der Waals surface area contributed by atoms with Crippen molar-refractivity contribution in [2.75, 3.05) is 4.90 Å². The van der Waals surface area contributed by atoms with Crippen LogP contribution in [0.2, 0.25) is 0 Å². The highest BCUT2D eigenvalue weighted by Gasteiger charge is 2.69. The number of nitrogens with one attached hydrogen (secondary N) is 2. The first-order valence-corrected chi connectivity index (χ1v) is 12.1. The number of aromatic nitrogens is 1. The molecule has 186 valence electrons. The Balaban J connectivity index is 1.52. The number of carbonyl (C=O) groups is 3. The summed E-state index contributed by atoms with van der Waals surface area (Å²) >= 11 is 0. The van der Waals surface area contributed by atoms with Gasteiger partial charge in [-0.3, -0.25) is 19.7 Å². The first-order chi connectivity index (χ1) is 17.8. The maximum atomic E-state index is 14.0. The molecule has 8 heteroatoms. The molecule has 0 aliphatic carbocycles. The summed E-state index contributed by atoms with van der Waals surface area (Å²) in [6, 6.07) is 20.2. The van der Waals surface area contributed by atoms with E-state index in [-0.39, 0.29) is 12.2 Å². The third-order valence-electron chi connectivity index (χ3n) is 7.74. The molecule has 2 fully saturated rings.